The number of rotatable bonds is 12. The summed E-state index contributed by atoms with van der Waals surface area (Å²) in [5, 5.41) is 25.0. The summed E-state index contributed by atoms with van der Waals surface area (Å²) in [6.07, 6.45) is 11.1. The van der Waals surface area contributed by atoms with Crippen molar-refractivity contribution in [1.82, 2.24) is 0 Å². The first-order valence-corrected chi connectivity index (χ1v) is 8.99. The molecule has 0 aliphatic carbocycles. The zero-order chi connectivity index (χ0) is 21.0. The van der Waals surface area contributed by atoms with Crippen LogP contribution in [-0.4, -0.2) is 30.7 Å². The molecular formula is C20H36AuN5. The summed E-state index contributed by atoms with van der Waals surface area (Å²) < 4.78 is 1.42. The van der Waals surface area contributed by atoms with E-state index in [1.807, 2.05) is 0 Å². The van der Waals surface area contributed by atoms with Gasteiger partial charge in [-0.1, -0.05) is 53.4 Å². The Balaban J connectivity index is -0.0000000972. The molecule has 0 aromatic rings. The molecule has 0 aromatic heterocycles. The number of unbranched alkanes of at least 4 members (excludes halogenated alkanes) is 4. The minimum absolute atomic E-state index is 0. The van der Waals surface area contributed by atoms with Crippen LogP contribution in [0.2, 0.25) is 0 Å². The van der Waals surface area contributed by atoms with E-state index in [2.05, 4.69) is 27.7 Å². The average Bonchev–Trinajstić information content (AvgIpc) is 2.73. The number of hydrogen-bond donors (Lipinski definition) is 0. The van der Waals surface area contributed by atoms with E-state index < -0.39 is 0 Å². The molecule has 0 aliphatic heterocycles. The summed E-state index contributed by atoms with van der Waals surface area (Å²) in [5.74, 6) is 0. The fraction of sp³-hybridized carbons (Fsp3) is 0.800. The third-order valence-electron chi connectivity index (χ3n) is 3.94. The van der Waals surface area contributed by atoms with Crippen molar-refractivity contribution in [1.29, 1.82) is 21.0 Å². The van der Waals surface area contributed by atoms with E-state index >= 15 is 0 Å². The maximum absolute atomic E-state index is 6.25. The number of quaternary nitrogens is 1. The molecule has 0 N–H and O–H groups in total. The molecule has 0 unspecified atom stereocenters. The Morgan fingerprint density at radius 1 is 0.462 bits per heavy atom. The van der Waals surface area contributed by atoms with Gasteiger partial charge in [0.25, 0.3) is 0 Å². The predicted molar refractivity (Wildman–Crippen MR) is 99.2 cm³/mol. The third kappa shape index (κ3) is 30.5. The van der Waals surface area contributed by atoms with Crippen LogP contribution in [0.15, 0.2) is 0 Å². The molecule has 0 amide bonds. The van der Waals surface area contributed by atoms with Gasteiger partial charge in [-0.2, -0.15) is 0 Å². The van der Waals surface area contributed by atoms with Crippen LogP contribution in [0.25, 0.3) is 0 Å². The summed E-state index contributed by atoms with van der Waals surface area (Å²) in [5.41, 5.74) is 0. The van der Waals surface area contributed by atoms with Gasteiger partial charge in [0.15, 0.2) is 0 Å². The van der Waals surface area contributed by atoms with Gasteiger partial charge < -0.3 is 51.8 Å². The van der Waals surface area contributed by atoms with Gasteiger partial charge in [0.2, 0.25) is 0 Å². The van der Waals surface area contributed by atoms with Crippen LogP contribution < -0.4 is 0 Å². The van der Waals surface area contributed by atoms with E-state index in [1.165, 1.54) is 82.0 Å². The molecule has 0 saturated carbocycles. The molecule has 0 saturated heterocycles. The maximum Gasteiger partial charge on any atom is 3.00 e. The standard InChI is InChI=1S/C16H36N.4CN.Au/c1-5-9-13-17(14-10-6-2,15-11-7-3)16-12-8-4;4*1-2;/h5-16H2,1-4H3;;;;;/q+1;4*-1;+3. The van der Waals surface area contributed by atoms with Crippen molar-refractivity contribution < 1.29 is 26.9 Å². The van der Waals surface area contributed by atoms with Crippen LogP contribution in [-0.2, 0) is 22.4 Å². The number of nitrogens with zero attached hydrogens (tertiary/aromatic N) is 5. The Hall–Kier alpha value is -1.34. The molecular weight excluding hydrogens is 507 g/mol. The van der Waals surface area contributed by atoms with Gasteiger partial charge in [0, 0.05) is 0 Å². The van der Waals surface area contributed by atoms with Crippen molar-refractivity contribution in [2.75, 3.05) is 26.2 Å². The molecule has 0 aliphatic rings. The van der Waals surface area contributed by atoms with Gasteiger partial charge in [-0.25, -0.2) is 0 Å². The molecule has 6 heteroatoms. The average molecular weight is 544 g/mol. The van der Waals surface area contributed by atoms with E-state index in [0.29, 0.717) is 0 Å². The molecule has 152 valence electrons. The van der Waals surface area contributed by atoms with E-state index in [1.54, 1.807) is 0 Å². The molecule has 0 spiro atoms. The topological polar surface area (TPSA) is 95.2 Å². The third-order valence-corrected chi connectivity index (χ3v) is 3.94. The van der Waals surface area contributed by atoms with Gasteiger partial charge >= 0.3 is 22.4 Å². The van der Waals surface area contributed by atoms with E-state index in [4.69, 9.17) is 47.3 Å². The predicted octanol–water partition coefficient (Wildman–Crippen LogP) is 5.39. The first kappa shape index (κ1) is 39.6. The largest absolute Gasteiger partial charge is 3.00 e. The molecule has 0 rings (SSSR count). The Kier molecular flexibility index (Phi) is 66.7. The fourth-order valence-corrected chi connectivity index (χ4v) is 2.64. The van der Waals surface area contributed by atoms with Crippen LogP contribution in [0.4, 0.5) is 0 Å². The van der Waals surface area contributed by atoms with Crippen molar-refractivity contribution in [2.24, 2.45) is 0 Å². The quantitative estimate of drug-likeness (QED) is 0.187. The number of hydrogen-bond acceptors (Lipinski definition) is 4. The second kappa shape index (κ2) is 43.8. The summed E-state index contributed by atoms with van der Waals surface area (Å²) in [6.45, 7) is 34.0. The van der Waals surface area contributed by atoms with Crippen LogP contribution in [0.3, 0.4) is 0 Å². The smallest absolute Gasteiger partial charge is 0.512 e. The van der Waals surface area contributed by atoms with Gasteiger partial charge in [0.1, 0.15) is 0 Å². The molecule has 0 fully saturated rings. The Morgan fingerprint density at radius 3 is 0.731 bits per heavy atom. The Bertz CT molecular complexity index is 236. The molecule has 0 aromatic carbocycles. The molecule has 0 bridgehead atoms. The van der Waals surface area contributed by atoms with Crippen LogP contribution in [0.1, 0.15) is 79.1 Å². The van der Waals surface area contributed by atoms with E-state index in [0.717, 1.165) is 0 Å². The summed E-state index contributed by atoms with van der Waals surface area (Å²) in [4.78, 5) is 0. The van der Waals surface area contributed by atoms with Crippen LogP contribution in [0, 0.1) is 47.3 Å². The van der Waals surface area contributed by atoms with Crippen molar-refractivity contribution in [3.8, 4) is 0 Å². The Morgan fingerprint density at radius 2 is 0.615 bits per heavy atom. The monoisotopic (exact) mass is 543 g/mol. The second-order valence-electron chi connectivity index (χ2n) is 5.65. The molecule has 0 radical (unpaired) electrons. The summed E-state index contributed by atoms with van der Waals surface area (Å²) in [6, 6.07) is 0. The van der Waals surface area contributed by atoms with E-state index in [-0.39, 0.29) is 22.4 Å². The van der Waals surface area contributed by atoms with Gasteiger partial charge in [-0.15, -0.1) is 0 Å². The summed E-state index contributed by atoms with van der Waals surface area (Å²) >= 11 is 0. The van der Waals surface area contributed by atoms with Gasteiger partial charge in [0.05, 0.1) is 26.2 Å². The zero-order valence-corrected chi connectivity index (χ0v) is 19.2. The fourth-order valence-electron chi connectivity index (χ4n) is 2.64. The van der Waals surface area contributed by atoms with Crippen molar-refractivity contribution in [3.63, 3.8) is 0 Å². The molecule has 0 heterocycles. The first-order valence-electron chi connectivity index (χ1n) is 8.99. The second-order valence-corrected chi connectivity index (χ2v) is 5.65. The zero-order valence-electron chi connectivity index (χ0n) is 17.0. The minimum atomic E-state index is 0. The van der Waals surface area contributed by atoms with Crippen molar-refractivity contribution in [2.45, 2.75) is 79.1 Å². The van der Waals surface area contributed by atoms with Crippen molar-refractivity contribution in [3.05, 3.63) is 26.3 Å². The van der Waals surface area contributed by atoms with Crippen LogP contribution in [0.5, 0.6) is 0 Å². The minimum Gasteiger partial charge on any atom is -0.512 e. The van der Waals surface area contributed by atoms with E-state index in [9.17, 15) is 0 Å². The molecule has 5 nitrogen and oxygen atoms in total. The van der Waals surface area contributed by atoms with Crippen molar-refractivity contribution >= 4 is 0 Å². The molecule has 0 atom stereocenters. The molecule has 26 heavy (non-hydrogen) atoms. The van der Waals surface area contributed by atoms with Crippen LogP contribution >= 0.6 is 0 Å². The normalized spacial score (nSPS) is 8.15. The Labute approximate surface area is 179 Å². The first-order chi connectivity index (χ1) is 12.2. The van der Waals surface area contributed by atoms with Gasteiger partial charge in [-0.05, 0) is 25.7 Å². The summed E-state index contributed by atoms with van der Waals surface area (Å²) in [7, 11) is 0. The maximum atomic E-state index is 6.25. The SMILES string of the molecule is CCCC[N+](CCCC)(CCCC)CCCC.[Au+3].[C-]#N.[C-]#N.[C-]#N.[C-]#N. The van der Waals surface area contributed by atoms with Gasteiger partial charge in [-0.3, -0.25) is 0 Å².